The average molecular weight is 282 g/mol. The Balaban J connectivity index is 2.42. The number of aliphatic hydroxyl groups is 1. The van der Waals surface area contributed by atoms with Crippen LogP contribution in [0.25, 0.3) is 0 Å². The van der Waals surface area contributed by atoms with E-state index >= 15 is 0 Å². The van der Waals surface area contributed by atoms with Gasteiger partial charge in [0.1, 0.15) is 5.75 Å². The Morgan fingerprint density at radius 2 is 2.10 bits per heavy atom. The molecule has 0 atom stereocenters. The summed E-state index contributed by atoms with van der Waals surface area (Å²) in [5.41, 5.74) is 0.400. The van der Waals surface area contributed by atoms with E-state index in [-0.39, 0.29) is 23.5 Å². The van der Waals surface area contributed by atoms with Gasteiger partial charge in [0, 0.05) is 30.8 Å². The molecular formula is C14H22N2O4. The summed E-state index contributed by atoms with van der Waals surface area (Å²) in [6.45, 7) is 5.26. The van der Waals surface area contributed by atoms with Crippen LogP contribution in [0, 0.1) is 15.5 Å². The van der Waals surface area contributed by atoms with E-state index in [9.17, 15) is 15.2 Å². The van der Waals surface area contributed by atoms with Crippen LogP contribution in [0.3, 0.4) is 0 Å². The van der Waals surface area contributed by atoms with Gasteiger partial charge in [-0.2, -0.15) is 0 Å². The molecule has 6 heteroatoms. The van der Waals surface area contributed by atoms with Crippen LogP contribution >= 0.6 is 0 Å². The van der Waals surface area contributed by atoms with E-state index in [0.717, 1.165) is 19.4 Å². The van der Waals surface area contributed by atoms with Crippen molar-refractivity contribution in [2.24, 2.45) is 5.41 Å². The van der Waals surface area contributed by atoms with Gasteiger partial charge in [0.2, 0.25) is 0 Å². The number of nitrogens with zero attached hydrogens (tertiary/aromatic N) is 1. The Bertz CT molecular complexity index is 460. The smallest absolute Gasteiger partial charge is 0.270 e. The lowest BCUT2D eigenvalue weighted by molar-refractivity contribution is -0.384. The topological polar surface area (TPSA) is 95.6 Å². The second kappa shape index (κ2) is 7.21. The quantitative estimate of drug-likeness (QED) is 0.386. The van der Waals surface area contributed by atoms with E-state index in [0.29, 0.717) is 12.1 Å². The summed E-state index contributed by atoms with van der Waals surface area (Å²) in [4.78, 5) is 10.2. The SMILES string of the molecule is CC(C)(CO)CCCNCc1cc([N+](=O)[O-])ccc1O. The Labute approximate surface area is 118 Å². The van der Waals surface area contributed by atoms with Crippen molar-refractivity contribution >= 4 is 5.69 Å². The summed E-state index contributed by atoms with van der Waals surface area (Å²) >= 11 is 0. The number of nitrogens with one attached hydrogen (secondary N) is 1. The Morgan fingerprint density at radius 1 is 1.40 bits per heavy atom. The van der Waals surface area contributed by atoms with Gasteiger partial charge in [-0.25, -0.2) is 0 Å². The number of hydrogen-bond donors (Lipinski definition) is 3. The van der Waals surface area contributed by atoms with E-state index in [1.807, 2.05) is 13.8 Å². The van der Waals surface area contributed by atoms with Crippen molar-refractivity contribution in [3.05, 3.63) is 33.9 Å². The van der Waals surface area contributed by atoms with Crippen LogP contribution in [0.5, 0.6) is 5.75 Å². The van der Waals surface area contributed by atoms with Gasteiger partial charge in [-0.15, -0.1) is 0 Å². The molecule has 1 aromatic rings. The largest absolute Gasteiger partial charge is 0.508 e. The molecule has 0 unspecified atom stereocenters. The lowest BCUT2D eigenvalue weighted by Crippen LogP contribution is -2.21. The van der Waals surface area contributed by atoms with E-state index in [1.165, 1.54) is 18.2 Å². The molecule has 0 aliphatic carbocycles. The summed E-state index contributed by atoms with van der Waals surface area (Å²) in [6, 6.07) is 3.99. The minimum Gasteiger partial charge on any atom is -0.508 e. The van der Waals surface area contributed by atoms with Gasteiger partial charge in [-0.05, 0) is 30.9 Å². The van der Waals surface area contributed by atoms with Gasteiger partial charge in [-0.1, -0.05) is 13.8 Å². The van der Waals surface area contributed by atoms with Crippen molar-refractivity contribution in [1.82, 2.24) is 5.32 Å². The molecule has 0 bridgehead atoms. The van der Waals surface area contributed by atoms with Crippen LogP contribution in [-0.2, 0) is 6.54 Å². The number of aliphatic hydroxyl groups excluding tert-OH is 1. The molecule has 3 N–H and O–H groups in total. The molecule has 0 saturated carbocycles. The molecule has 0 aromatic heterocycles. The van der Waals surface area contributed by atoms with Gasteiger partial charge in [0.25, 0.3) is 5.69 Å². The van der Waals surface area contributed by atoms with Crippen molar-refractivity contribution in [1.29, 1.82) is 0 Å². The molecule has 1 aromatic carbocycles. The zero-order chi connectivity index (χ0) is 15.2. The number of rotatable bonds is 8. The number of nitro groups is 1. The summed E-state index contributed by atoms with van der Waals surface area (Å²) in [5, 5.41) is 32.6. The van der Waals surface area contributed by atoms with Crippen LogP contribution in [0.2, 0.25) is 0 Å². The maximum absolute atomic E-state index is 10.7. The van der Waals surface area contributed by atoms with Crippen molar-refractivity contribution in [2.75, 3.05) is 13.2 Å². The number of non-ortho nitro benzene ring substituents is 1. The highest BCUT2D eigenvalue weighted by Gasteiger charge is 2.15. The highest BCUT2D eigenvalue weighted by atomic mass is 16.6. The van der Waals surface area contributed by atoms with Crippen molar-refractivity contribution in [3.63, 3.8) is 0 Å². The fraction of sp³-hybridized carbons (Fsp3) is 0.571. The third-order valence-corrected chi connectivity index (χ3v) is 3.22. The molecule has 0 radical (unpaired) electrons. The van der Waals surface area contributed by atoms with Gasteiger partial charge in [-0.3, -0.25) is 10.1 Å². The number of phenolic OH excluding ortho intramolecular Hbond substituents is 1. The molecule has 0 heterocycles. The molecule has 112 valence electrons. The molecule has 1 rings (SSSR count). The van der Waals surface area contributed by atoms with Crippen LogP contribution in [-0.4, -0.2) is 28.3 Å². The highest BCUT2D eigenvalue weighted by molar-refractivity contribution is 5.42. The van der Waals surface area contributed by atoms with Crippen molar-refractivity contribution in [2.45, 2.75) is 33.2 Å². The molecule has 0 aliphatic heterocycles. The number of benzene rings is 1. The minimum absolute atomic E-state index is 0.0268. The first-order valence-corrected chi connectivity index (χ1v) is 6.63. The molecule has 0 aliphatic rings. The van der Waals surface area contributed by atoms with Crippen LogP contribution in [0.1, 0.15) is 32.3 Å². The van der Waals surface area contributed by atoms with E-state index in [2.05, 4.69) is 5.32 Å². The minimum atomic E-state index is -0.479. The Kier molecular flexibility index (Phi) is 5.91. The molecule has 0 amide bonds. The molecule has 20 heavy (non-hydrogen) atoms. The zero-order valence-electron chi connectivity index (χ0n) is 11.9. The highest BCUT2D eigenvalue weighted by Crippen LogP contribution is 2.23. The first-order valence-electron chi connectivity index (χ1n) is 6.63. The summed E-state index contributed by atoms with van der Waals surface area (Å²) in [5.74, 6) is 0.0544. The van der Waals surface area contributed by atoms with Crippen LogP contribution in [0.15, 0.2) is 18.2 Å². The predicted octanol–water partition coefficient (Wildman–Crippen LogP) is 2.19. The fourth-order valence-corrected chi connectivity index (χ4v) is 1.82. The monoisotopic (exact) mass is 282 g/mol. The third-order valence-electron chi connectivity index (χ3n) is 3.22. The van der Waals surface area contributed by atoms with Crippen molar-refractivity contribution in [3.8, 4) is 5.75 Å². The Morgan fingerprint density at radius 3 is 2.70 bits per heavy atom. The molecule has 0 saturated heterocycles. The van der Waals surface area contributed by atoms with Gasteiger partial charge in [0.15, 0.2) is 0 Å². The maximum atomic E-state index is 10.7. The van der Waals surface area contributed by atoms with Crippen molar-refractivity contribution < 1.29 is 15.1 Å². The lowest BCUT2D eigenvalue weighted by Gasteiger charge is -2.21. The molecule has 0 fully saturated rings. The second-order valence-corrected chi connectivity index (χ2v) is 5.67. The third kappa shape index (κ3) is 5.14. The number of phenols is 1. The molecule has 6 nitrogen and oxygen atoms in total. The normalized spacial score (nSPS) is 11.6. The maximum Gasteiger partial charge on any atom is 0.270 e. The summed E-state index contributed by atoms with van der Waals surface area (Å²) in [7, 11) is 0. The zero-order valence-corrected chi connectivity index (χ0v) is 11.9. The Hall–Kier alpha value is -1.66. The lowest BCUT2D eigenvalue weighted by atomic mass is 9.89. The molecule has 0 spiro atoms. The molecular weight excluding hydrogens is 260 g/mol. The van der Waals surface area contributed by atoms with Crippen LogP contribution in [0.4, 0.5) is 5.69 Å². The first-order chi connectivity index (χ1) is 9.35. The standard InChI is InChI=1S/C14H22N2O4/c1-14(2,10-17)6-3-7-15-9-11-8-12(16(19)20)4-5-13(11)18/h4-5,8,15,17-18H,3,6-7,9-10H2,1-2H3. The summed E-state index contributed by atoms with van der Waals surface area (Å²) in [6.07, 6.45) is 1.78. The van der Waals surface area contributed by atoms with E-state index in [1.54, 1.807) is 0 Å². The average Bonchev–Trinajstić information content (AvgIpc) is 2.40. The van der Waals surface area contributed by atoms with Crippen LogP contribution < -0.4 is 5.32 Å². The number of hydrogen-bond acceptors (Lipinski definition) is 5. The first kappa shape index (κ1) is 16.4. The summed E-state index contributed by atoms with van der Waals surface area (Å²) < 4.78 is 0. The number of aromatic hydroxyl groups is 1. The predicted molar refractivity (Wildman–Crippen MR) is 76.6 cm³/mol. The van der Waals surface area contributed by atoms with Gasteiger partial charge in [0.05, 0.1) is 4.92 Å². The van der Waals surface area contributed by atoms with E-state index in [4.69, 9.17) is 5.11 Å². The number of nitro benzene ring substituents is 1. The van der Waals surface area contributed by atoms with Gasteiger partial charge < -0.3 is 15.5 Å². The van der Waals surface area contributed by atoms with Gasteiger partial charge >= 0.3 is 0 Å². The second-order valence-electron chi connectivity index (χ2n) is 5.67. The van der Waals surface area contributed by atoms with E-state index < -0.39 is 4.92 Å². The fourth-order valence-electron chi connectivity index (χ4n) is 1.82.